The van der Waals surface area contributed by atoms with E-state index in [4.69, 9.17) is 17.0 Å². The number of ether oxygens (including phenoxy) is 1. The van der Waals surface area contributed by atoms with E-state index >= 15 is 0 Å². The molecule has 0 fully saturated rings. The van der Waals surface area contributed by atoms with Crippen LogP contribution in [0.1, 0.15) is 48.9 Å². The molecule has 0 aromatic heterocycles. The van der Waals surface area contributed by atoms with Gasteiger partial charge in [0.2, 0.25) is 0 Å². The van der Waals surface area contributed by atoms with Crippen molar-refractivity contribution in [3.8, 4) is 5.75 Å². The number of para-hydroxylation sites is 1. The van der Waals surface area contributed by atoms with Crippen molar-refractivity contribution < 1.29 is 18.7 Å². The third-order valence-electron chi connectivity index (χ3n) is 4.17. The van der Waals surface area contributed by atoms with Crippen molar-refractivity contribution in [1.29, 1.82) is 0 Å². The standard InChI is InChI=1S/C20H23F2NO2S/c1-4-14-9-10-17(13(3)11-14)25-12-15-7-6-8-16(20(21)22)19(15)23(24)18(26)5-2/h6-11,20,24H,4-5,12H2,1-3H3. The van der Waals surface area contributed by atoms with Crippen LogP contribution >= 0.6 is 12.2 Å². The quantitative estimate of drug-likeness (QED) is 0.472. The number of rotatable bonds is 7. The number of hydroxylamine groups is 1. The van der Waals surface area contributed by atoms with Gasteiger partial charge in [-0.15, -0.1) is 0 Å². The third kappa shape index (κ3) is 4.56. The molecule has 0 amide bonds. The molecule has 0 radical (unpaired) electrons. The molecule has 2 rings (SSSR count). The van der Waals surface area contributed by atoms with E-state index in [0.29, 0.717) is 22.8 Å². The summed E-state index contributed by atoms with van der Waals surface area (Å²) in [5.74, 6) is 0.679. The van der Waals surface area contributed by atoms with Gasteiger partial charge in [0.05, 0.1) is 5.69 Å². The number of anilines is 1. The van der Waals surface area contributed by atoms with Gasteiger partial charge in [-0.1, -0.05) is 56.4 Å². The van der Waals surface area contributed by atoms with Gasteiger partial charge < -0.3 is 4.74 Å². The van der Waals surface area contributed by atoms with E-state index in [9.17, 15) is 14.0 Å². The van der Waals surface area contributed by atoms with Crippen LogP contribution in [0.3, 0.4) is 0 Å². The summed E-state index contributed by atoms with van der Waals surface area (Å²) in [5, 5.41) is 11.0. The van der Waals surface area contributed by atoms with Crippen LogP contribution in [0.25, 0.3) is 0 Å². The zero-order valence-electron chi connectivity index (χ0n) is 15.1. The Labute approximate surface area is 158 Å². The Bertz CT molecular complexity index is 780. The topological polar surface area (TPSA) is 32.7 Å². The second kappa shape index (κ2) is 9.05. The van der Waals surface area contributed by atoms with Gasteiger partial charge in [0.15, 0.2) is 0 Å². The number of nitrogens with zero attached hydrogens (tertiary/aromatic N) is 1. The molecular formula is C20H23F2NO2S. The van der Waals surface area contributed by atoms with E-state index in [1.807, 2.05) is 25.1 Å². The molecule has 140 valence electrons. The molecule has 0 bridgehead atoms. The summed E-state index contributed by atoms with van der Waals surface area (Å²) >= 11 is 5.08. The summed E-state index contributed by atoms with van der Waals surface area (Å²) < 4.78 is 32.7. The average Bonchev–Trinajstić information content (AvgIpc) is 2.65. The lowest BCUT2D eigenvalue weighted by molar-refractivity contribution is 0.150. The van der Waals surface area contributed by atoms with Crippen LogP contribution in [0.4, 0.5) is 14.5 Å². The molecule has 3 nitrogen and oxygen atoms in total. The van der Waals surface area contributed by atoms with Crippen molar-refractivity contribution in [1.82, 2.24) is 0 Å². The molecule has 0 spiro atoms. The maximum Gasteiger partial charge on any atom is 0.265 e. The molecule has 0 unspecified atom stereocenters. The van der Waals surface area contributed by atoms with Crippen molar-refractivity contribution in [2.45, 2.75) is 46.6 Å². The lowest BCUT2D eigenvalue weighted by atomic mass is 10.1. The zero-order chi connectivity index (χ0) is 19.3. The van der Waals surface area contributed by atoms with E-state index in [-0.39, 0.29) is 22.8 Å². The maximum absolute atomic E-state index is 13.4. The fourth-order valence-corrected chi connectivity index (χ4v) is 2.78. The molecule has 1 N–H and O–H groups in total. The van der Waals surface area contributed by atoms with Crippen LogP contribution in [-0.2, 0) is 13.0 Å². The van der Waals surface area contributed by atoms with Crippen LogP contribution in [0.2, 0.25) is 0 Å². The van der Waals surface area contributed by atoms with E-state index in [1.54, 1.807) is 13.0 Å². The first-order valence-corrected chi connectivity index (χ1v) is 8.93. The molecular weight excluding hydrogens is 356 g/mol. The summed E-state index contributed by atoms with van der Waals surface area (Å²) in [7, 11) is 0. The van der Waals surface area contributed by atoms with Crippen molar-refractivity contribution >= 4 is 22.9 Å². The van der Waals surface area contributed by atoms with Gasteiger partial charge in [0.25, 0.3) is 6.43 Å². The average molecular weight is 379 g/mol. The van der Waals surface area contributed by atoms with Gasteiger partial charge in [-0.05, 0) is 37.0 Å². The highest BCUT2D eigenvalue weighted by molar-refractivity contribution is 7.80. The number of thiocarbonyl (C=S) groups is 1. The van der Waals surface area contributed by atoms with Crippen LogP contribution in [0, 0.1) is 6.92 Å². The molecule has 6 heteroatoms. The fraction of sp³-hybridized carbons (Fsp3) is 0.350. The Morgan fingerprint density at radius 3 is 2.54 bits per heavy atom. The SMILES string of the molecule is CCC(=S)N(O)c1c(COc2ccc(CC)cc2C)cccc1C(F)F. The molecule has 0 heterocycles. The van der Waals surface area contributed by atoms with Crippen molar-refractivity contribution in [3.63, 3.8) is 0 Å². The molecule has 0 aliphatic carbocycles. The third-order valence-corrected chi connectivity index (χ3v) is 4.63. The number of halogens is 2. The molecule has 2 aromatic carbocycles. The summed E-state index contributed by atoms with van der Waals surface area (Å²) in [6.45, 7) is 5.82. The summed E-state index contributed by atoms with van der Waals surface area (Å²) in [4.78, 5) is 0.169. The molecule has 0 saturated carbocycles. The lowest BCUT2D eigenvalue weighted by Crippen LogP contribution is -2.27. The Morgan fingerprint density at radius 2 is 1.96 bits per heavy atom. The van der Waals surface area contributed by atoms with Gasteiger partial charge >= 0.3 is 0 Å². The smallest absolute Gasteiger partial charge is 0.265 e. The Kier molecular flexibility index (Phi) is 7.06. The fourth-order valence-electron chi connectivity index (χ4n) is 2.69. The van der Waals surface area contributed by atoms with Crippen molar-refractivity contribution in [3.05, 3.63) is 58.7 Å². The maximum atomic E-state index is 13.4. The van der Waals surface area contributed by atoms with E-state index < -0.39 is 6.43 Å². The molecule has 0 saturated heterocycles. The van der Waals surface area contributed by atoms with E-state index in [0.717, 1.165) is 12.0 Å². The highest BCUT2D eigenvalue weighted by atomic mass is 32.1. The second-order valence-electron chi connectivity index (χ2n) is 5.96. The van der Waals surface area contributed by atoms with Gasteiger partial charge in [-0.3, -0.25) is 5.21 Å². The van der Waals surface area contributed by atoms with Crippen LogP contribution in [0.5, 0.6) is 5.75 Å². The van der Waals surface area contributed by atoms with Crippen LogP contribution in [0.15, 0.2) is 36.4 Å². The molecule has 0 aliphatic heterocycles. The Morgan fingerprint density at radius 1 is 1.23 bits per heavy atom. The van der Waals surface area contributed by atoms with Gasteiger partial charge in [0.1, 0.15) is 17.3 Å². The minimum absolute atomic E-state index is 0.00261. The Hall–Kier alpha value is -2.05. The number of hydrogen-bond donors (Lipinski definition) is 1. The number of aryl methyl sites for hydroxylation is 2. The summed E-state index contributed by atoms with van der Waals surface area (Å²) in [6, 6.07) is 10.3. The van der Waals surface area contributed by atoms with Gasteiger partial charge in [-0.2, -0.15) is 0 Å². The first-order chi connectivity index (χ1) is 12.4. The van der Waals surface area contributed by atoms with Crippen LogP contribution in [-0.4, -0.2) is 10.2 Å². The summed E-state index contributed by atoms with van der Waals surface area (Å²) in [6.07, 6.45) is -1.44. The van der Waals surface area contributed by atoms with Crippen LogP contribution < -0.4 is 9.80 Å². The highest BCUT2D eigenvalue weighted by Gasteiger charge is 2.22. The Balaban J connectivity index is 2.34. The largest absolute Gasteiger partial charge is 0.489 e. The monoisotopic (exact) mass is 379 g/mol. The first kappa shape index (κ1) is 20.3. The lowest BCUT2D eigenvalue weighted by Gasteiger charge is -2.23. The predicted octanol–water partition coefficient (Wildman–Crippen LogP) is 6.01. The molecule has 26 heavy (non-hydrogen) atoms. The van der Waals surface area contributed by atoms with Crippen molar-refractivity contribution in [2.75, 3.05) is 5.06 Å². The number of hydrogen-bond acceptors (Lipinski definition) is 3. The normalized spacial score (nSPS) is 10.9. The predicted molar refractivity (Wildman–Crippen MR) is 103 cm³/mol. The number of alkyl halides is 2. The molecule has 0 aliphatic rings. The summed E-state index contributed by atoms with van der Waals surface area (Å²) in [5.41, 5.74) is 2.34. The van der Waals surface area contributed by atoms with E-state index in [1.165, 1.54) is 17.7 Å². The van der Waals surface area contributed by atoms with Crippen molar-refractivity contribution in [2.24, 2.45) is 0 Å². The van der Waals surface area contributed by atoms with E-state index in [2.05, 4.69) is 6.92 Å². The first-order valence-electron chi connectivity index (χ1n) is 8.53. The van der Waals surface area contributed by atoms with Gasteiger partial charge in [0, 0.05) is 11.1 Å². The molecule has 0 atom stereocenters. The minimum Gasteiger partial charge on any atom is -0.489 e. The zero-order valence-corrected chi connectivity index (χ0v) is 15.9. The minimum atomic E-state index is -2.73. The van der Waals surface area contributed by atoms with Gasteiger partial charge in [-0.25, -0.2) is 13.8 Å². The molecule has 2 aromatic rings. The highest BCUT2D eigenvalue weighted by Crippen LogP contribution is 2.34. The number of benzene rings is 2. The second-order valence-corrected chi connectivity index (χ2v) is 6.43.